The first-order valence-electron chi connectivity index (χ1n) is 21.0. The maximum atomic E-state index is 12.9. The number of hydrogen-bond donors (Lipinski definition) is 0. The van der Waals surface area contributed by atoms with Gasteiger partial charge in [0.25, 0.3) is 0 Å². The molecule has 286 valence electrons. The summed E-state index contributed by atoms with van der Waals surface area (Å²) in [6.45, 7) is 10.1. The van der Waals surface area contributed by atoms with Crippen molar-refractivity contribution in [2.24, 2.45) is 17.8 Å². The number of carbonyl (C=O) groups is 2. The maximum Gasteiger partial charge on any atom is 0.308 e. The predicted molar refractivity (Wildman–Crippen MR) is 208 cm³/mol. The minimum atomic E-state index is 0. The molecule has 5 nitrogen and oxygen atoms in total. The van der Waals surface area contributed by atoms with Crippen LogP contribution in [-0.2, 0) is 19.1 Å². The molecule has 5 heteroatoms. The summed E-state index contributed by atoms with van der Waals surface area (Å²) in [6, 6.07) is 0. The maximum absolute atomic E-state index is 12.9. The Balaban J connectivity index is 0.0000221. The van der Waals surface area contributed by atoms with Crippen LogP contribution in [0.2, 0.25) is 0 Å². The van der Waals surface area contributed by atoms with Crippen LogP contribution < -0.4 is 0 Å². The van der Waals surface area contributed by atoms with Gasteiger partial charge < -0.3 is 14.4 Å². The molecule has 0 aromatic rings. The number of unbranched alkanes of at least 4 members (excludes halogenated alkanes) is 16. The van der Waals surface area contributed by atoms with Crippen molar-refractivity contribution >= 4 is 11.9 Å². The molecule has 1 aliphatic rings. The van der Waals surface area contributed by atoms with Crippen LogP contribution in [0, 0.1) is 17.8 Å². The Morgan fingerprint density at radius 3 is 1.65 bits per heavy atom. The van der Waals surface area contributed by atoms with Gasteiger partial charge in [-0.2, -0.15) is 0 Å². The highest BCUT2D eigenvalue weighted by Crippen LogP contribution is 2.24. The van der Waals surface area contributed by atoms with E-state index in [0.29, 0.717) is 25.6 Å². The average molecular weight is 680 g/mol. The predicted octanol–water partition coefficient (Wildman–Crippen LogP) is 12.9. The highest BCUT2D eigenvalue weighted by molar-refractivity contribution is 5.72. The molecule has 1 heterocycles. The molecule has 1 rings (SSSR count). The number of carbonyl (C=O) groups excluding carboxylic acids is 2. The fraction of sp³-hybridized carbons (Fsp3) is 0.953. The van der Waals surface area contributed by atoms with Gasteiger partial charge in [0.15, 0.2) is 0 Å². The van der Waals surface area contributed by atoms with Crippen molar-refractivity contribution in [1.82, 2.24) is 4.90 Å². The Labute approximate surface area is 300 Å². The Hall–Kier alpha value is -1.10. The largest absolute Gasteiger partial charge is 0.466 e. The molecule has 0 aromatic heterocycles. The molecule has 2 unspecified atom stereocenters. The Morgan fingerprint density at radius 1 is 0.583 bits per heavy atom. The first kappa shape index (κ1) is 46.9. The molecule has 2 atom stereocenters. The molecule has 0 N–H and O–H groups in total. The lowest BCUT2D eigenvalue weighted by atomic mass is 9.92. The molecular weight excluding hydrogens is 594 g/mol. The normalized spacial score (nSPS) is 16.0. The SMILES string of the molecule is C.CCCCCCCCCCC(CCCCCCCCC(=O)OCCC(CCCCC)CCCCC)COC(=O)C1CCCN(C)CC1. The summed E-state index contributed by atoms with van der Waals surface area (Å²) in [5.41, 5.74) is 0. The Kier molecular flexibility index (Phi) is 33.6. The highest BCUT2D eigenvalue weighted by Gasteiger charge is 2.24. The monoisotopic (exact) mass is 680 g/mol. The third-order valence-electron chi connectivity index (χ3n) is 10.7. The van der Waals surface area contributed by atoms with Crippen molar-refractivity contribution in [3.8, 4) is 0 Å². The summed E-state index contributed by atoms with van der Waals surface area (Å²) in [7, 11) is 2.16. The number of rotatable bonds is 32. The van der Waals surface area contributed by atoms with Gasteiger partial charge in [-0.1, -0.05) is 163 Å². The summed E-state index contributed by atoms with van der Waals surface area (Å²) in [5, 5.41) is 0. The number of hydrogen-bond acceptors (Lipinski definition) is 5. The lowest BCUT2D eigenvalue weighted by Gasteiger charge is -2.20. The molecule has 0 amide bonds. The second-order valence-corrected chi connectivity index (χ2v) is 15.2. The van der Waals surface area contributed by atoms with Gasteiger partial charge in [0.05, 0.1) is 19.1 Å². The van der Waals surface area contributed by atoms with Crippen LogP contribution in [0.5, 0.6) is 0 Å². The molecule has 0 aromatic carbocycles. The van der Waals surface area contributed by atoms with Gasteiger partial charge in [-0.3, -0.25) is 9.59 Å². The summed E-state index contributed by atoms with van der Waals surface area (Å²) in [5.74, 6) is 1.36. The quantitative estimate of drug-likeness (QED) is 0.0523. The van der Waals surface area contributed by atoms with E-state index >= 15 is 0 Å². The van der Waals surface area contributed by atoms with Gasteiger partial charge >= 0.3 is 11.9 Å². The van der Waals surface area contributed by atoms with Crippen LogP contribution in [-0.4, -0.2) is 50.2 Å². The third-order valence-corrected chi connectivity index (χ3v) is 10.7. The molecule has 0 aliphatic carbocycles. The molecule has 1 fully saturated rings. The van der Waals surface area contributed by atoms with Crippen molar-refractivity contribution in [2.75, 3.05) is 33.4 Å². The fourth-order valence-electron chi connectivity index (χ4n) is 7.29. The number of ether oxygens (including phenoxy) is 2. The van der Waals surface area contributed by atoms with E-state index in [9.17, 15) is 9.59 Å². The van der Waals surface area contributed by atoms with Crippen molar-refractivity contribution in [3.63, 3.8) is 0 Å². The lowest BCUT2D eigenvalue weighted by Crippen LogP contribution is -2.23. The molecule has 1 saturated heterocycles. The molecule has 48 heavy (non-hydrogen) atoms. The summed E-state index contributed by atoms with van der Waals surface area (Å²) in [4.78, 5) is 27.6. The van der Waals surface area contributed by atoms with E-state index in [4.69, 9.17) is 9.47 Å². The van der Waals surface area contributed by atoms with E-state index in [-0.39, 0.29) is 25.3 Å². The zero-order chi connectivity index (χ0) is 34.2. The van der Waals surface area contributed by atoms with E-state index in [1.165, 1.54) is 141 Å². The Morgan fingerprint density at radius 2 is 1.06 bits per heavy atom. The van der Waals surface area contributed by atoms with Crippen molar-refractivity contribution in [3.05, 3.63) is 0 Å². The van der Waals surface area contributed by atoms with Crippen molar-refractivity contribution < 1.29 is 19.1 Å². The second-order valence-electron chi connectivity index (χ2n) is 15.2. The molecule has 0 saturated carbocycles. The van der Waals surface area contributed by atoms with Crippen LogP contribution in [0.15, 0.2) is 0 Å². The lowest BCUT2D eigenvalue weighted by molar-refractivity contribution is -0.150. The van der Waals surface area contributed by atoms with Crippen LogP contribution >= 0.6 is 0 Å². The molecule has 0 bridgehead atoms. The first-order chi connectivity index (χ1) is 23.0. The van der Waals surface area contributed by atoms with Gasteiger partial charge in [0.2, 0.25) is 0 Å². The Bertz CT molecular complexity index is 703. The smallest absolute Gasteiger partial charge is 0.308 e. The minimum absolute atomic E-state index is 0. The van der Waals surface area contributed by atoms with E-state index < -0.39 is 0 Å². The first-order valence-corrected chi connectivity index (χ1v) is 21.0. The highest BCUT2D eigenvalue weighted by atomic mass is 16.5. The van der Waals surface area contributed by atoms with Crippen LogP contribution in [0.25, 0.3) is 0 Å². The van der Waals surface area contributed by atoms with Crippen molar-refractivity contribution in [2.45, 2.75) is 214 Å². The van der Waals surface area contributed by atoms with Crippen molar-refractivity contribution in [1.29, 1.82) is 0 Å². The second kappa shape index (κ2) is 34.4. The van der Waals surface area contributed by atoms with E-state index in [0.717, 1.165) is 57.5 Å². The molecule has 0 spiro atoms. The number of esters is 2. The molecule has 1 aliphatic heterocycles. The minimum Gasteiger partial charge on any atom is -0.466 e. The van der Waals surface area contributed by atoms with Gasteiger partial charge in [-0.05, 0) is 76.9 Å². The summed E-state index contributed by atoms with van der Waals surface area (Å²) in [6.07, 6.45) is 35.0. The molecular formula is C43H85NO4. The van der Waals surface area contributed by atoms with Gasteiger partial charge in [0.1, 0.15) is 0 Å². The summed E-state index contributed by atoms with van der Waals surface area (Å²) < 4.78 is 11.6. The zero-order valence-corrected chi connectivity index (χ0v) is 32.1. The van der Waals surface area contributed by atoms with E-state index in [2.05, 4.69) is 32.7 Å². The van der Waals surface area contributed by atoms with E-state index in [1.54, 1.807) is 0 Å². The summed E-state index contributed by atoms with van der Waals surface area (Å²) >= 11 is 0. The van der Waals surface area contributed by atoms with Crippen LogP contribution in [0.1, 0.15) is 214 Å². The molecule has 0 radical (unpaired) electrons. The van der Waals surface area contributed by atoms with Gasteiger partial charge in [0, 0.05) is 6.42 Å². The van der Waals surface area contributed by atoms with Gasteiger partial charge in [-0.25, -0.2) is 0 Å². The number of nitrogens with zero attached hydrogens (tertiary/aromatic N) is 1. The number of likely N-dealkylation sites (tertiary alicyclic amines) is 1. The van der Waals surface area contributed by atoms with E-state index in [1.807, 2.05) is 0 Å². The fourth-order valence-corrected chi connectivity index (χ4v) is 7.29. The zero-order valence-electron chi connectivity index (χ0n) is 32.1. The van der Waals surface area contributed by atoms with Gasteiger partial charge in [-0.15, -0.1) is 0 Å². The standard InChI is InChI=1S/C42H81NO4.CH4/c1-5-8-11-12-13-14-17-22-28-39(37-47-42(45)40-30-25-34-43(4)35-32-40)29-23-18-15-16-19-24-31-41(44)46-36-33-38(26-20-9-6-2)27-21-10-7-3;/h38-40H,5-37H2,1-4H3;1H4. The topological polar surface area (TPSA) is 55.8 Å². The van der Waals surface area contributed by atoms with Crippen LogP contribution in [0.4, 0.5) is 0 Å². The third kappa shape index (κ3) is 27.7. The van der Waals surface area contributed by atoms with Crippen LogP contribution in [0.3, 0.4) is 0 Å². The average Bonchev–Trinajstić information content (AvgIpc) is 3.29.